The number of rotatable bonds is 4. The molecule has 0 aliphatic rings. The number of halogens is 2. The molecule has 0 aliphatic heterocycles. The van der Waals surface area contributed by atoms with Gasteiger partial charge in [0.25, 0.3) is 0 Å². The molecule has 0 amide bonds. The van der Waals surface area contributed by atoms with Gasteiger partial charge in [0.15, 0.2) is 0 Å². The van der Waals surface area contributed by atoms with Crippen molar-refractivity contribution < 1.29 is 9.29 Å². The summed E-state index contributed by atoms with van der Waals surface area (Å²) >= 11 is 5.41. The van der Waals surface area contributed by atoms with Gasteiger partial charge in [-0.25, -0.2) is 4.84 Å². The molecule has 1 atom stereocenters. The standard InChI is InChI=1S/C6H14ClFN2/c1-6(2,9-7)4-10(3)5-8/h9H,4-5H2,1-3H3/p+1. The Morgan fingerprint density at radius 2 is 2.10 bits per heavy atom. The van der Waals surface area contributed by atoms with Gasteiger partial charge >= 0.3 is 0 Å². The fraction of sp³-hybridized carbons (Fsp3) is 1.00. The zero-order valence-electron chi connectivity index (χ0n) is 6.67. The predicted octanol–water partition coefficient (Wildman–Crippen LogP) is -0.0499. The van der Waals surface area contributed by atoms with E-state index in [2.05, 4.69) is 4.84 Å². The summed E-state index contributed by atoms with van der Waals surface area (Å²) in [6.45, 7) is 4.17. The molecule has 0 aromatic carbocycles. The first kappa shape index (κ1) is 10.1. The van der Waals surface area contributed by atoms with Crippen molar-refractivity contribution in [1.82, 2.24) is 4.84 Å². The van der Waals surface area contributed by atoms with Crippen LogP contribution in [0.4, 0.5) is 4.39 Å². The number of quaternary nitrogens is 1. The van der Waals surface area contributed by atoms with Crippen LogP contribution in [0.2, 0.25) is 0 Å². The van der Waals surface area contributed by atoms with Gasteiger partial charge in [-0.2, -0.15) is 4.39 Å². The summed E-state index contributed by atoms with van der Waals surface area (Å²) in [6.07, 6.45) is 0. The molecule has 0 fully saturated rings. The van der Waals surface area contributed by atoms with E-state index in [9.17, 15) is 4.39 Å². The summed E-state index contributed by atoms with van der Waals surface area (Å²) in [5, 5.41) is 0. The SMILES string of the molecule is C[NH+](CF)CC(C)(C)NCl. The predicted molar refractivity (Wildman–Crippen MR) is 40.8 cm³/mol. The molecule has 0 aliphatic carbocycles. The molecule has 1 unspecified atom stereocenters. The van der Waals surface area contributed by atoms with Gasteiger partial charge in [-0.3, -0.25) is 0 Å². The number of alkyl halides is 1. The smallest absolute Gasteiger partial charge is 0.220 e. The normalized spacial score (nSPS) is 15.3. The molecule has 0 radical (unpaired) electrons. The zero-order valence-corrected chi connectivity index (χ0v) is 7.43. The van der Waals surface area contributed by atoms with Crippen LogP contribution in [0.5, 0.6) is 0 Å². The Morgan fingerprint density at radius 3 is 2.40 bits per heavy atom. The van der Waals surface area contributed by atoms with E-state index < -0.39 is 0 Å². The molecule has 0 aromatic heterocycles. The summed E-state index contributed by atoms with van der Waals surface area (Å²) in [7, 11) is 1.79. The maximum Gasteiger partial charge on any atom is 0.220 e. The first-order valence-electron chi connectivity index (χ1n) is 3.27. The third kappa shape index (κ3) is 4.04. The molecule has 2 nitrogen and oxygen atoms in total. The summed E-state index contributed by atoms with van der Waals surface area (Å²) in [6, 6.07) is 0. The lowest BCUT2D eigenvalue weighted by Crippen LogP contribution is -3.10. The first-order chi connectivity index (χ1) is 4.52. The van der Waals surface area contributed by atoms with Gasteiger partial charge in [0, 0.05) is 0 Å². The van der Waals surface area contributed by atoms with E-state index >= 15 is 0 Å². The van der Waals surface area contributed by atoms with E-state index in [4.69, 9.17) is 11.8 Å². The molecule has 0 spiro atoms. The molecule has 0 rings (SSSR count). The lowest BCUT2D eigenvalue weighted by atomic mass is 10.1. The maximum absolute atomic E-state index is 11.9. The van der Waals surface area contributed by atoms with Crippen molar-refractivity contribution in [3.8, 4) is 0 Å². The lowest BCUT2D eigenvalue weighted by Gasteiger charge is -2.23. The Bertz CT molecular complexity index is 97.7. The van der Waals surface area contributed by atoms with Gasteiger partial charge in [0.05, 0.1) is 19.1 Å². The largest absolute Gasteiger partial charge is 0.309 e. The van der Waals surface area contributed by atoms with Gasteiger partial charge in [-0.05, 0) is 25.6 Å². The highest BCUT2D eigenvalue weighted by molar-refractivity contribution is 6.13. The van der Waals surface area contributed by atoms with E-state index in [0.29, 0.717) is 6.54 Å². The van der Waals surface area contributed by atoms with Crippen LogP contribution in [-0.4, -0.2) is 25.9 Å². The Balaban J connectivity index is 3.64. The second kappa shape index (κ2) is 4.11. The van der Waals surface area contributed by atoms with E-state index in [-0.39, 0.29) is 12.3 Å². The first-order valence-corrected chi connectivity index (χ1v) is 3.64. The van der Waals surface area contributed by atoms with Crippen LogP contribution in [0.15, 0.2) is 0 Å². The highest BCUT2D eigenvalue weighted by Crippen LogP contribution is 1.97. The minimum absolute atomic E-state index is 0.197. The van der Waals surface area contributed by atoms with Gasteiger partial charge < -0.3 is 4.90 Å². The van der Waals surface area contributed by atoms with Crippen molar-refractivity contribution >= 4 is 11.8 Å². The Hall–Kier alpha value is 0.140. The summed E-state index contributed by atoms with van der Waals surface area (Å²) in [5.74, 6) is 0. The maximum atomic E-state index is 11.9. The molecule has 2 N–H and O–H groups in total. The van der Waals surface area contributed by atoms with Crippen LogP contribution in [-0.2, 0) is 0 Å². The number of hydrogen-bond acceptors (Lipinski definition) is 1. The lowest BCUT2D eigenvalue weighted by molar-refractivity contribution is -0.896. The van der Waals surface area contributed by atoms with Crippen molar-refractivity contribution in [2.45, 2.75) is 19.4 Å². The van der Waals surface area contributed by atoms with Crippen LogP contribution in [0, 0.1) is 0 Å². The number of likely N-dealkylation sites (N-methyl/N-ethyl adjacent to an activating group) is 1. The minimum atomic E-state index is -0.359. The van der Waals surface area contributed by atoms with E-state index in [0.717, 1.165) is 4.90 Å². The van der Waals surface area contributed by atoms with Crippen LogP contribution in [0.3, 0.4) is 0 Å². The molecule has 0 heterocycles. The molecule has 0 aromatic rings. The molecule has 62 valence electrons. The third-order valence-corrected chi connectivity index (χ3v) is 1.74. The van der Waals surface area contributed by atoms with Gasteiger partial charge in [-0.1, -0.05) is 0 Å². The van der Waals surface area contributed by atoms with Crippen molar-refractivity contribution in [3.63, 3.8) is 0 Å². The Labute approximate surface area is 66.5 Å². The zero-order chi connectivity index (χ0) is 8.20. The summed E-state index contributed by atoms with van der Waals surface area (Å²) in [4.78, 5) is 3.41. The second-order valence-corrected chi connectivity index (χ2v) is 3.43. The number of nitrogens with one attached hydrogen (secondary N) is 2. The van der Waals surface area contributed by atoms with Crippen LogP contribution >= 0.6 is 11.8 Å². The molecular formula is C6H15ClFN2+. The topological polar surface area (TPSA) is 16.5 Å². The van der Waals surface area contributed by atoms with Crippen molar-refractivity contribution in [1.29, 1.82) is 0 Å². The minimum Gasteiger partial charge on any atom is -0.309 e. The number of hydrogen-bond donors (Lipinski definition) is 2. The second-order valence-electron chi connectivity index (χ2n) is 3.25. The monoisotopic (exact) mass is 169 g/mol. The van der Waals surface area contributed by atoms with Crippen LogP contribution in [0.25, 0.3) is 0 Å². The molecule has 4 heteroatoms. The van der Waals surface area contributed by atoms with Gasteiger partial charge in [0.1, 0.15) is 0 Å². The third-order valence-electron chi connectivity index (χ3n) is 1.23. The fourth-order valence-electron chi connectivity index (χ4n) is 0.835. The van der Waals surface area contributed by atoms with Crippen molar-refractivity contribution in [2.24, 2.45) is 0 Å². The quantitative estimate of drug-likeness (QED) is 0.446. The van der Waals surface area contributed by atoms with Gasteiger partial charge in [-0.15, -0.1) is 0 Å². The summed E-state index contributed by atoms with van der Waals surface area (Å²) < 4.78 is 11.9. The molecule has 0 saturated heterocycles. The van der Waals surface area contributed by atoms with Gasteiger partial charge in [0.2, 0.25) is 6.80 Å². The van der Waals surface area contributed by atoms with E-state index in [1.165, 1.54) is 0 Å². The van der Waals surface area contributed by atoms with Crippen LogP contribution < -0.4 is 9.74 Å². The van der Waals surface area contributed by atoms with Crippen LogP contribution in [0.1, 0.15) is 13.8 Å². The molecule has 0 saturated carbocycles. The average molecular weight is 170 g/mol. The van der Waals surface area contributed by atoms with E-state index in [1.807, 2.05) is 13.8 Å². The molecule has 0 bridgehead atoms. The Morgan fingerprint density at radius 1 is 1.60 bits per heavy atom. The molecular weight excluding hydrogens is 155 g/mol. The van der Waals surface area contributed by atoms with E-state index in [1.54, 1.807) is 7.05 Å². The average Bonchev–Trinajstić information content (AvgIpc) is 1.87. The fourth-order valence-corrected chi connectivity index (χ4v) is 0.902. The van der Waals surface area contributed by atoms with Crippen molar-refractivity contribution in [2.75, 3.05) is 20.4 Å². The summed E-state index contributed by atoms with van der Waals surface area (Å²) in [5.41, 5.74) is -0.197. The Kier molecular flexibility index (Phi) is 4.17. The van der Waals surface area contributed by atoms with Crippen molar-refractivity contribution in [3.05, 3.63) is 0 Å². The molecule has 10 heavy (non-hydrogen) atoms. The highest BCUT2D eigenvalue weighted by atomic mass is 35.5. The highest BCUT2D eigenvalue weighted by Gasteiger charge is 2.20.